The molecular formula is C24H19IN4O5. The molecule has 2 aromatic heterocycles. The third-order valence-corrected chi connectivity index (χ3v) is 6.20. The number of ether oxygens (including phenoxy) is 1. The Morgan fingerprint density at radius 2 is 1.82 bits per heavy atom. The number of hydrogen-bond acceptors (Lipinski definition) is 7. The molecule has 0 N–H and O–H groups in total. The fourth-order valence-electron chi connectivity index (χ4n) is 3.91. The maximum Gasteiger partial charge on any atom is 0.339 e. The SMILES string of the molecule is O=C1C(=O)N(CCCCn2cc(COc3cc(=O)oc4ccccc34)nn2)c2ccc(I)cc21. The van der Waals surface area contributed by atoms with Crippen molar-refractivity contribution in [3.05, 3.63) is 80.0 Å². The highest BCUT2D eigenvalue weighted by Crippen LogP contribution is 2.30. The molecule has 0 saturated heterocycles. The Morgan fingerprint density at radius 1 is 1.00 bits per heavy atom. The lowest BCUT2D eigenvalue weighted by Crippen LogP contribution is -2.30. The average molecular weight is 570 g/mol. The van der Waals surface area contributed by atoms with Crippen LogP contribution in [-0.4, -0.2) is 33.2 Å². The molecule has 0 aliphatic carbocycles. The molecule has 9 nitrogen and oxygen atoms in total. The van der Waals surface area contributed by atoms with Crippen molar-refractivity contribution in [2.75, 3.05) is 11.4 Å². The van der Waals surface area contributed by atoms with Gasteiger partial charge in [0.25, 0.3) is 11.7 Å². The number of hydrogen-bond donors (Lipinski definition) is 0. The summed E-state index contributed by atoms with van der Waals surface area (Å²) in [7, 11) is 0. The second-order valence-corrected chi connectivity index (χ2v) is 9.09. The maximum atomic E-state index is 12.3. The van der Waals surface area contributed by atoms with Crippen molar-refractivity contribution in [3.63, 3.8) is 0 Å². The van der Waals surface area contributed by atoms with Crippen molar-refractivity contribution in [2.24, 2.45) is 0 Å². The van der Waals surface area contributed by atoms with Crippen LogP contribution in [0.1, 0.15) is 28.9 Å². The van der Waals surface area contributed by atoms with Crippen LogP contribution in [0.4, 0.5) is 5.69 Å². The van der Waals surface area contributed by atoms with Gasteiger partial charge in [0.1, 0.15) is 23.6 Å². The van der Waals surface area contributed by atoms with Gasteiger partial charge >= 0.3 is 5.63 Å². The number of para-hydroxylation sites is 1. The molecule has 10 heteroatoms. The average Bonchev–Trinajstić information content (AvgIpc) is 3.38. The first-order valence-electron chi connectivity index (χ1n) is 10.7. The van der Waals surface area contributed by atoms with Crippen molar-refractivity contribution >= 4 is 50.9 Å². The van der Waals surface area contributed by atoms with E-state index in [0.717, 1.165) is 9.99 Å². The minimum absolute atomic E-state index is 0.160. The van der Waals surface area contributed by atoms with E-state index in [1.807, 2.05) is 24.3 Å². The van der Waals surface area contributed by atoms with Crippen molar-refractivity contribution in [1.29, 1.82) is 0 Å². The summed E-state index contributed by atoms with van der Waals surface area (Å²) in [5.41, 5.74) is 1.76. The number of carbonyl (C=O) groups excluding carboxylic acids is 2. The molecule has 0 saturated carbocycles. The van der Waals surface area contributed by atoms with Crippen molar-refractivity contribution in [3.8, 4) is 5.75 Å². The van der Waals surface area contributed by atoms with Crippen LogP contribution in [0.3, 0.4) is 0 Å². The number of unbranched alkanes of at least 4 members (excludes halogenated alkanes) is 1. The lowest BCUT2D eigenvalue weighted by molar-refractivity contribution is -0.114. The number of aryl methyl sites for hydroxylation is 1. The highest BCUT2D eigenvalue weighted by atomic mass is 127. The largest absolute Gasteiger partial charge is 0.486 e. The molecule has 5 rings (SSSR count). The molecule has 4 aromatic rings. The molecular weight excluding hydrogens is 551 g/mol. The highest BCUT2D eigenvalue weighted by Gasteiger charge is 2.35. The lowest BCUT2D eigenvalue weighted by atomic mass is 10.1. The second-order valence-electron chi connectivity index (χ2n) is 7.84. The fourth-order valence-corrected chi connectivity index (χ4v) is 4.40. The predicted molar refractivity (Wildman–Crippen MR) is 132 cm³/mol. The van der Waals surface area contributed by atoms with E-state index in [1.54, 1.807) is 34.0 Å². The Labute approximate surface area is 207 Å². The number of fused-ring (bicyclic) bond motifs is 2. The van der Waals surface area contributed by atoms with Gasteiger partial charge in [0.05, 0.1) is 28.9 Å². The number of nitrogens with zero attached hydrogens (tertiary/aromatic N) is 4. The molecule has 1 amide bonds. The van der Waals surface area contributed by atoms with Gasteiger partial charge in [-0.3, -0.25) is 14.3 Å². The molecule has 0 radical (unpaired) electrons. The second kappa shape index (κ2) is 9.37. The number of aromatic nitrogens is 3. The molecule has 0 unspecified atom stereocenters. The van der Waals surface area contributed by atoms with Gasteiger partial charge in [-0.25, -0.2) is 4.79 Å². The van der Waals surface area contributed by atoms with Crippen LogP contribution in [0, 0.1) is 3.57 Å². The van der Waals surface area contributed by atoms with Crippen LogP contribution in [0.15, 0.2) is 63.9 Å². The summed E-state index contributed by atoms with van der Waals surface area (Å²) < 4.78 is 13.6. The molecule has 1 aliphatic rings. The van der Waals surface area contributed by atoms with Crippen LogP contribution in [0.5, 0.6) is 5.75 Å². The summed E-state index contributed by atoms with van der Waals surface area (Å²) in [6, 6.07) is 13.9. The van der Waals surface area contributed by atoms with E-state index < -0.39 is 17.3 Å². The van der Waals surface area contributed by atoms with Crippen LogP contribution in [0.25, 0.3) is 11.0 Å². The standard InChI is InChI=1S/C24H19IN4O5/c25-15-7-8-19-18(11-15)23(31)24(32)29(19)10-4-3-9-28-13-16(26-27-28)14-33-21-12-22(30)34-20-6-2-1-5-17(20)21/h1-2,5-8,11-13H,3-4,9-10,14H2. The zero-order valence-corrected chi connectivity index (χ0v) is 20.1. The van der Waals surface area contributed by atoms with Crippen molar-refractivity contribution in [2.45, 2.75) is 26.0 Å². The number of rotatable bonds is 8. The number of ketones is 1. The van der Waals surface area contributed by atoms with Crippen LogP contribution in [0.2, 0.25) is 0 Å². The first kappa shape index (κ1) is 22.3. The lowest BCUT2D eigenvalue weighted by Gasteiger charge is -2.16. The molecule has 2 aromatic carbocycles. The number of amides is 1. The molecule has 0 fully saturated rings. The van der Waals surface area contributed by atoms with Crippen LogP contribution < -0.4 is 15.3 Å². The number of halogens is 1. The maximum absolute atomic E-state index is 12.3. The van der Waals surface area contributed by atoms with Crippen molar-refractivity contribution < 1.29 is 18.7 Å². The Balaban J connectivity index is 1.15. The molecule has 1 aliphatic heterocycles. The third-order valence-electron chi connectivity index (χ3n) is 5.53. The van der Waals surface area contributed by atoms with E-state index >= 15 is 0 Å². The van der Waals surface area contributed by atoms with Gasteiger partial charge < -0.3 is 14.1 Å². The minimum Gasteiger partial charge on any atom is -0.486 e. The Kier molecular flexibility index (Phi) is 6.14. The van der Waals surface area contributed by atoms with E-state index in [0.29, 0.717) is 53.2 Å². The Hall–Kier alpha value is -3.54. The first-order valence-corrected chi connectivity index (χ1v) is 11.8. The van der Waals surface area contributed by atoms with E-state index in [-0.39, 0.29) is 6.61 Å². The quantitative estimate of drug-likeness (QED) is 0.138. The number of benzene rings is 2. The molecule has 0 atom stereocenters. The minimum atomic E-state index is -0.479. The van der Waals surface area contributed by atoms with Gasteiger partial charge in [0, 0.05) is 16.7 Å². The van der Waals surface area contributed by atoms with Gasteiger partial charge in [-0.1, -0.05) is 17.3 Å². The normalized spacial score (nSPS) is 13.0. The van der Waals surface area contributed by atoms with Gasteiger partial charge in [-0.05, 0) is 65.8 Å². The number of anilines is 1. The Morgan fingerprint density at radius 3 is 2.71 bits per heavy atom. The molecule has 0 bridgehead atoms. The predicted octanol–water partition coefficient (Wildman–Crippen LogP) is 3.58. The summed E-state index contributed by atoms with van der Waals surface area (Å²) in [5.74, 6) is -0.487. The topological polar surface area (TPSA) is 108 Å². The zero-order chi connectivity index (χ0) is 23.7. The van der Waals surface area contributed by atoms with Crippen LogP contribution in [-0.2, 0) is 17.9 Å². The molecule has 172 valence electrons. The van der Waals surface area contributed by atoms with Gasteiger partial charge in [-0.2, -0.15) is 0 Å². The molecule has 3 heterocycles. The highest BCUT2D eigenvalue weighted by molar-refractivity contribution is 14.1. The number of Topliss-reactive ketones (excluding diaryl/α,β-unsaturated/α-hetero) is 1. The summed E-state index contributed by atoms with van der Waals surface area (Å²) >= 11 is 2.13. The smallest absolute Gasteiger partial charge is 0.339 e. The van der Waals surface area contributed by atoms with E-state index in [4.69, 9.17) is 9.15 Å². The summed E-state index contributed by atoms with van der Waals surface area (Å²) in [6.45, 7) is 1.24. The van der Waals surface area contributed by atoms with Gasteiger partial charge in [0.15, 0.2) is 0 Å². The number of carbonyl (C=O) groups is 2. The fraction of sp³-hybridized carbons (Fsp3) is 0.208. The van der Waals surface area contributed by atoms with Crippen molar-refractivity contribution in [1.82, 2.24) is 15.0 Å². The Bertz CT molecular complexity index is 1460. The van der Waals surface area contributed by atoms with Gasteiger partial charge in [-0.15, -0.1) is 5.10 Å². The van der Waals surface area contributed by atoms with E-state index in [2.05, 4.69) is 32.9 Å². The van der Waals surface area contributed by atoms with Gasteiger partial charge in [0.2, 0.25) is 0 Å². The van der Waals surface area contributed by atoms with E-state index in [1.165, 1.54) is 6.07 Å². The zero-order valence-electron chi connectivity index (χ0n) is 17.9. The first-order chi connectivity index (χ1) is 16.5. The summed E-state index contributed by atoms with van der Waals surface area (Å²) in [5, 5.41) is 8.96. The van der Waals surface area contributed by atoms with Crippen LogP contribution >= 0.6 is 22.6 Å². The monoisotopic (exact) mass is 570 g/mol. The molecule has 0 spiro atoms. The summed E-state index contributed by atoms with van der Waals surface area (Å²) in [6.07, 6.45) is 3.25. The molecule has 34 heavy (non-hydrogen) atoms. The van der Waals surface area contributed by atoms with E-state index in [9.17, 15) is 14.4 Å². The summed E-state index contributed by atoms with van der Waals surface area (Å²) in [4.78, 5) is 37.9. The third kappa shape index (κ3) is 4.45.